The predicted molar refractivity (Wildman–Crippen MR) is 97.9 cm³/mol. The Morgan fingerprint density at radius 2 is 2.00 bits per heavy atom. The number of carbonyl (C=O) groups excluding carboxylic acids is 3. The maximum Gasteiger partial charge on any atom is 0.321 e. The largest absolute Gasteiger partial charge is 0.416 e. The molecule has 160 valence electrons. The van der Waals surface area contributed by atoms with Crippen LogP contribution in [0, 0.1) is 23.4 Å². The quantitative estimate of drug-likeness (QED) is 0.441. The minimum Gasteiger partial charge on any atom is -0.416 e. The Bertz CT molecular complexity index is 986. The van der Waals surface area contributed by atoms with Crippen LogP contribution in [-0.4, -0.2) is 39.8 Å². The number of anilines is 1. The molecule has 2 unspecified atom stereocenters. The summed E-state index contributed by atoms with van der Waals surface area (Å²) in [5.74, 6) is -6.07. The first-order valence-corrected chi connectivity index (χ1v) is 9.73. The molecule has 1 saturated heterocycles. The number of carbonyl (C=O) groups is 3. The number of hydrogen-bond acceptors (Lipinski definition) is 7. The highest BCUT2D eigenvalue weighted by Crippen LogP contribution is 2.22. The normalized spacial score (nSPS) is 18.7. The summed E-state index contributed by atoms with van der Waals surface area (Å²) in [6, 6.07) is 0.723. The molecule has 0 aliphatic carbocycles. The summed E-state index contributed by atoms with van der Waals surface area (Å²) in [6.45, 7) is 1.71. The lowest BCUT2D eigenvalue weighted by atomic mass is 9.93. The first-order valence-electron chi connectivity index (χ1n) is 8.74. The van der Waals surface area contributed by atoms with Crippen molar-refractivity contribution in [1.29, 1.82) is 0 Å². The highest BCUT2D eigenvalue weighted by Gasteiger charge is 2.32. The number of thioether (sulfide) groups is 1. The van der Waals surface area contributed by atoms with E-state index in [0.717, 1.165) is 17.8 Å². The van der Waals surface area contributed by atoms with E-state index in [1.807, 2.05) is 0 Å². The molecule has 1 aliphatic heterocycles. The van der Waals surface area contributed by atoms with Gasteiger partial charge in [-0.3, -0.25) is 14.9 Å². The molecular formula is C17H16F3N5O4S. The van der Waals surface area contributed by atoms with E-state index < -0.39 is 41.0 Å². The van der Waals surface area contributed by atoms with Crippen LogP contribution in [0.15, 0.2) is 21.8 Å². The van der Waals surface area contributed by atoms with Crippen LogP contribution in [0.5, 0.6) is 0 Å². The number of halogens is 3. The molecule has 1 aliphatic rings. The zero-order chi connectivity index (χ0) is 21.8. The molecule has 3 N–H and O–H groups in total. The summed E-state index contributed by atoms with van der Waals surface area (Å²) in [5, 5.41) is 14.6. The molecule has 9 nitrogen and oxygen atoms in total. The van der Waals surface area contributed by atoms with Crippen molar-refractivity contribution in [2.24, 2.45) is 5.92 Å². The van der Waals surface area contributed by atoms with E-state index in [9.17, 15) is 27.6 Å². The lowest BCUT2D eigenvalue weighted by molar-refractivity contribution is -0.125. The summed E-state index contributed by atoms with van der Waals surface area (Å²) in [7, 11) is 0. The molecule has 1 fully saturated rings. The Morgan fingerprint density at radius 1 is 1.23 bits per heavy atom. The van der Waals surface area contributed by atoms with E-state index in [4.69, 9.17) is 4.42 Å². The fourth-order valence-corrected chi connectivity index (χ4v) is 3.35. The van der Waals surface area contributed by atoms with Gasteiger partial charge in [0.15, 0.2) is 17.5 Å². The van der Waals surface area contributed by atoms with Crippen LogP contribution in [0.3, 0.4) is 0 Å². The Kier molecular flexibility index (Phi) is 6.59. The van der Waals surface area contributed by atoms with Gasteiger partial charge in [-0.05, 0) is 25.5 Å². The average Bonchev–Trinajstić information content (AvgIpc) is 3.14. The third kappa shape index (κ3) is 5.09. The summed E-state index contributed by atoms with van der Waals surface area (Å²) in [6.07, 6.45) is 0.633. The standard InChI is InChI=1S/C17H16F3N5O4S/c1-7-8(15(27)23-16(28)21-7)2-5-12-24-25-17(29-12)30-6-11(26)22-10-4-3-9(18)13(19)14(10)20/h3-4,7-8H,2,5-6H2,1H3,(H,22,26)(H2,21,23,27,28). The molecule has 0 saturated carbocycles. The predicted octanol–water partition coefficient (Wildman–Crippen LogP) is 1.99. The summed E-state index contributed by atoms with van der Waals surface area (Å²) >= 11 is 0.866. The molecule has 2 heterocycles. The molecule has 0 bridgehead atoms. The van der Waals surface area contributed by atoms with Crippen LogP contribution < -0.4 is 16.0 Å². The highest BCUT2D eigenvalue weighted by atomic mass is 32.2. The Labute approximate surface area is 172 Å². The van der Waals surface area contributed by atoms with Crippen molar-refractivity contribution in [2.45, 2.75) is 31.0 Å². The van der Waals surface area contributed by atoms with Gasteiger partial charge in [0.05, 0.1) is 17.4 Å². The molecule has 1 aromatic carbocycles. The van der Waals surface area contributed by atoms with Gasteiger partial charge in [-0.1, -0.05) is 11.8 Å². The van der Waals surface area contributed by atoms with Gasteiger partial charge in [-0.25, -0.2) is 18.0 Å². The number of imide groups is 1. The second-order valence-electron chi connectivity index (χ2n) is 6.42. The van der Waals surface area contributed by atoms with Gasteiger partial charge in [0, 0.05) is 12.5 Å². The van der Waals surface area contributed by atoms with Crippen LogP contribution in [0.2, 0.25) is 0 Å². The van der Waals surface area contributed by atoms with Crippen molar-refractivity contribution in [1.82, 2.24) is 20.8 Å². The molecule has 0 radical (unpaired) electrons. The molecule has 3 rings (SSSR count). The molecule has 4 amide bonds. The van der Waals surface area contributed by atoms with Crippen LogP contribution in [0.4, 0.5) is 23.7 Å². The molecule has 0 spiro atoms. The van der Waals surface area contributed by atoms with Crippen molar-refractivity contribution >= 4 is 35.3 Å². The Morgan fingerprint density at radius 3 is 2.73 bits per heavy atom. The van der Waals surface area contributed by atoms with E-state index in [1.165, 1.54) is 0 Å². The lowest BCUT2D eigenvalue weighted by Crippen LogP contribution is -2.57. The number of benzene rings is 1. The van der Waals surface area contributed by atoms with E-state index in [2.05, 4.69) is 26.1 Å². The van der Waals surface area contributed by atoms with Crippen molar-refractivity contribution in [2.75, 3.05) is 11.1 Å². The second-order valence-corrected chi connectivity index (χ2v) is 7.34. The fraction of sp³-hybridized carbons (Fsp3) is 0.353. The Balaban J connectivity index is 1.48. The van der Waals surface area contributed by atoms with Gasteiger partial charge in [0.2, 0.25) is 17.7 Å². The van der Waals surface area contributed by atoms with Crippen molar-refractivity contribution in [3.63, 3.8) is 0 Å². The van der Waals surface area contributed by atoms with E-state index in [1.54, 1.807) is 6.92 Å². The number of nitrogens with zero attached hydrogens (tertiary/aromatic N) is 2. The number of aromatic nitrogens is 2. The molecule has 1 aromatic heterocycles. The summed E-state index contributed by atoms with van der Waals surface area (Å²) in [5.41, 5.74) is -0.488. The fourth-order valence-electron chi connectivity index (χ4n) is 2.77. The summed E-state index contributed by atoms with van der Waals surface area (Å²) < 4.78 is 45.1. The van der Waals surface area contributed by atoms with Crippen molar-refractivity contribution in [3.8, 4) is 0 Å². The summed E-state index contributed by atoms with van der Waals surface area (Å²) in [4.78, 5) is 35.0. The van der Waals surface area contributed by atoms with Crippen LogP contribution in [0.1, 0.15) is 19.2 Å². The lowest BCUT2D eigenvalue weighted by Gasteiger charge is -2.28. The third-order valence-electron chi connectivity index (χ3n) is 4.29. The van der Waals surface area contributed by atoms with Crippen molar-refractivity contribution < 1.29 is 32.0 Å². The minimum atomic E-state index is -1.68. The molecule has 2 atom stereocenters. The first-order chi connectivity index (χ1) is 14.2. The number of nitrogens with one attached hydrogen (secondary N) is 3. The first kappa shape index (κ1) is 21.6. The number of amides is 4. The van der Waals surface area contributed by atoms with Gasteiger partial charge in [0.25, 0.3) is 5.22 Å². The maximum atomic E-state index is 13.6. The van der Waals surface area contributed by atoms with Gasteiger partial charge in [0.1, 0.15) is 0 Å². The zero-order valence-corrected chi connectivity index (χ0v) is 16.3. The topological polar surface area (TPSA) is 126 Å². The van der Waals surface area contributed by atoms with Gasteiger partial charge in [-0.15, -0.1) is 10.2 Å². The minimum absolute atomic E-state index is 0.0698. The van der Waals surface area contributed by atoms with Crippen molar-refractivity contribution in [3.05, 3.63) is 35.5 Å². The molecule has 2 aromatic rings. The zero-order valence-electron chi connectivity index (χ0n) is 15.5. The number of hydrogen-bond donors (Lipinski definition) is 3. The third-order valence-corrected chi connectivity index (χ3v) is 5.11. The van der Waals surface area contributed by atoms with Gasteiger partial charge in [-0.2, -0.15) is 0 Å². The van der Waals surface area contributed by atoms with Crippen LogP contribution >= 0.6 is 11.8 Å². The van der Waals surface area contributed by atoms with E-state index in [0.29, 0.717) is 12.5 Å². The monoisotopic (exact) mass is 443 g/mol. The van der Waals surface area contributed by atoms with Gasteiger partial charge >= 0.3 is 6.03 Å². The molecule has 30 heavy (non-hydrogen) atoms. The van der Waals surface area contributed by atoms with E-state index in [-0.39, 0.29) is 35.2 Å². The average molecular weight is 443 g/mol. The number of aryl methyl sites for hydroxylation is 1. The second kappa shape index (κ2) is 9.15. The Hall–Kier alpha value is -3.09. The maximum absolute atomic E-state index is 13.6. The van der Waals surface area contributed by atoms with Gasteiger partial charge < -0.3 is 15.1 Å². The SMILES string of the molecule is CC1NC(=O)NC(=O)C1CCc1nnc(SCC(=O)Nc2ccc(F)c(F)c2F)o1. The molecule has 13 heteroatoms. The number of rotatable bonds is 7. The van der Waals surface area contributed by atoms with Crippen LogP contribution in [0.25, 0.3) is 0 Å². The number of urea groups is 1. The van der Waals surface area contributed by atoms with Crippen LogP contribution in [-0.2, 0) is 16.0 Å². The smallest absolute Gasteiger partial charge is 0.321 e. The molecular weight excluding hydrogens is 427 g/mol. The van der Waals surface area contributed by atoms with E-state index >= 15 is 0 Å². The highest BCUT2D eigenvalue weighted by molar-refractivity contribution is 7.99.